The van der Waals surface area contributed by atoms with Gasteiger partial charge in [-0.3, -0.25) is 0 Å². The van der Waals surface area contributed by atoms with Crippen molar-refractivity contribution in [3.63, 3.8) is 0 Å². The fourth-order valence-corrected chi connectivity index (χ4v) is 2.84. The van der Waals surface area contributed by atoms with E-state index >= 15 is 0 Å². The minimum atomic E-state index is -4.27. The number of nitrogens with two attached hydrogens (primary N) is 1. The van der Waals surface area contributed by atoms with Gasteiger partial charge < -0.3 is 10.6 Å². The summed E-state index contributed by atoms with van der Waals surface area (Å²) >= 11 is 0. The molecule has 0 spiro atoms. The molecule has 0 saturated heterocycles. The van der Waals surface area contributed by atoms with Gasteiger partial charge in [-0.15, -0.1) is 0 Å². The Hall–Kier alpha value is -1.23. The predicted octanol–water partition coefficient (Wildman–Crippen LogP) is 3.80. The lowest BCUT2D eigenvalue weighted by Gasteiger charge is -2.31. The van der Waals surface area contributed by atoms with E-state index in [1.165, 1.54) is 25.0 Å². The summed E-state index contributed by atoms with van der Waals surface area (Å²) in [4.78, 5) is 2.22. The third-order valence-corrected chi connectivity index (χ3v) is 3.89. The van der Waals surface area contributed by atoms with Crippen LogP contribution in [0.1, 0.15) is 37.7 Å². The second-order valence-corrected chi connectivity index (χ2v) is 5.32. The van der Waals surface area contributed by atoms with Crippen molar-refractivity contribution in [1.29, 1.82) is 0 Å². The van der Waals surface area contributed by atoms with E-state index in [-0.39, 0.29) is 0 Å². The van der Waals surface area contributed by atoms with Gasteiger partial charge in [0.25, 0.3) is 0 Å². The van der Waals surface area contributed by atoms with Gasteiger partial charge in [0.15, 0.2) is 0 Å². The maximum atomic E-state index is 12.6. The highest BCUT2D eigenvalue weighted by molar-refractivity contribution is 5.49. The zero-order chi connectivity index (χ0) is 14.6. The molecule has 2 nitrogen and oxygen atoms in total. The van der Waals surface area contributed by atoms with E-state index in [0.717, 1.165) is 31.5 Å². The summed E-state index contributed by atoms with van der Waals surface area (Å²) in [6.07, 6.45) is 1.22. The summed E-state index contributed by atoms with van der Waals surface area (Å²) in [5.41, 5.74) is 5.84. The van der Waals surface area contributed by atoms with Crippen molar-refractivity contribution in [1.82, 2.24) is 0 Å². The number of nitrogens with zero attached hydrogens (tertiary/aromatic N) is 1. The van der Waals surface area contributed by atoms with Crippen molar-refractivity contribution < 1.29 is 13.2 Å². The second-order valence-electron chi connectivity index (χ2n) is 5.32. The molecule has 20 heavy (non-hydrogen) atoms. The minimum absolute atomic E-state index is 0.443. The van der Waals surface area contributed by atoms with Crippen LogP contribution < -0.4 is 10.6 Å². The van der Waals surface area contributed by atoms with Crippen LogP contribution in [0.25, 0.3) is 0 Å². The number of anilines is 1. The summed E-state index contributed by atoms with van der Waals surface area (Å²) in [6, 6.07) is 5.94. The number of hydrogen-bond acceptors (Lipinski definition) is 2. The molecule has 1 aliphatic rings. The van der Waals surface area contributed by atoms with Gasteiger partial charge in [0.1, 0.15) is 0 Å². The zero-order valence-corrected chi connectivity index (χ0v) is 11.5. The van der Waals surface area contributed by atoms with Crippen molar-refractivity contribution in [2.45, 2.75) is 44.3 Å². The van der Waals surface area contributed by atoms with Crippen LogP contribution in [0.3, 0.4) is 0 Å². The van der Waals surface area contributed by atoms with Crippen LogP contribution in [0.2, 0.25) is 0 Å². The van der Waals surface area contributed by atoms with Gasteiger partial charge >= 0.3 is 6.18 Å². The largest absolute Gasteiger partial charge is 0.416 e. The van der Waals surface area contributed by atoms with Crippen LogP contribution in [-0.2, 0) is 6.18 Å². The maximum Gasteiger partial charge on any atom is 0.416 e. The van der Waals surface area contributed by atoms with Crippen molar-refractivity contribution in [2.75, 3.05) is 18.0 Å². The predicted molar refractivity (Wildman–Crippen MR) is 74.7 cm³/mol. The molecule has 2 rings (SSSR count). The molecule has 1 aromatic rings. The van der Waals surface area contributed by atoms with Crippen LogP contribution >= 0.6 is 0 Å². The number of rotatable bonds is 5. The highest BCUT2D eigenvalue weighted by Gasteiger charge is 2.30. The first kappa shape index (κ1) is 15.2. The van der Waals surface area contributed by atoms with Crippen LogP contribution in [0.4, 0.5) is 18.9 Å². The van der Waals surface area contributed by atoms with E-state index in [1.807, 2.05) is 0 Å². The highest BCUT2D eigenvalue weighted by atomic mass is 19.4. The topological polar surface area (TPSA) is 29.3 Å². The number of halogens is 3. The van der Waals surface area contributed by atoms with Gasteiger partial charge in [-0.1, -0.05) is 12.8 Å². The smallest absolute Gasteiger partial charge is 0.369 e. The lowest BCUT2D eigenvalue weighted by Crippen LogP contribution is -2.35. The zero-order valence-electron chi connectivity index (χ0n) is 11.5. The minimum Gasteiger partial charge on any atom is -0.369 e. The van der Waals surface area contributed by atoms with Crippen molar-refractivity contribution in [3.05, 3.63) is 29.8 Å². The van der Waals surface area contributed by atoms with Crippen LogP contribution in [0, 0.1) is 0 Å². The van der Waals surface area contributed by atoms with Gasteiger partial charge in [-0.2, -0.15) is 13.2 Å². The van der Waals surface area contributed by atoms with Crippen LogP contribution in [0.15, 0.2) is 24.3 Å². The molecule has 0 amide bonds. The molecule has 2 N–H and O–H groups in total. The number of benzene rings is 1. The fourth-order valence-electron chi connectivity index (χ4n) is 2.84. The Bertz CT molecular complexity index is 408. The molecule has 0 aromatic heterocycles. The number of alkyl halides is 3. The molecule has 0 heterocycles. The summed E-state index contributed by atoms with van der Waals surface area (Å²) in [5, 5.41) is 0. The lowest BCUT2D eigenvalue weighted by molar-refractivity contribution is -0.137. The average Bonchev–Trinajstić information content (AvgIpc) is 2.93. The Morgan fingerprint density at radius 1 is 1.10 bits per heavy atom. The standard InChI is InChI=1S/C15H21F3N2/c16-15(17,18)12-6-8-14(9-7-12)20(11-3-10-19)13-4-1-2-5-13/h6-9,13H,1-5,10-11,19H2. The van der Waals surface area contributed by atoms with Gasteiger partial charge in [0.05, 0.1) is 5.56 Å². The maximum absolute atomic E-state index is 12.6. The molecular weight excluding hydrogens is 265 g/mol. The summed E-state index contributed by atoms with van der Waals surface area (Å²) in [5.74, 6) is 0. The fraction of sp³-hybridized carbons (Fsp3) is 0.600. The molecular formula is C15H21F3N2. The SMILES string of the molecule is NCCCN(c1ccc(C(F)(F)F)cc1)C1CCCC1. The highest BCUT2D eigenvalue weighted by Crippen LogP contribution is 2.33. The Morgan fingerprint density at radius 3 is 2.20 bits per heavy atom. The molecule has 0 atom stereocenters. The summed E-state index contributed by atoms with van der Waals surface area (Å²) in [7, 11) is 0. The van der Waals surface area contributed by atoms with E-state index in [1.54, 1.807) is 12.1 Å². The first-order valence-electron chi connectivity index (χ1n) is 7.16. The normalized spacial score (nSPS) is 16.6. The molecule has 1 fully saturated rings. The van der Waals surface area contributed by atoms with Gasteiger partial charge in [0, 0.05) is 18.3 Å². The van der Waals surface area contributed by atoms with Crippen molar-refractivity contribution >= 4 is 5.69 Å². The van der Waals surface area contributed by atoms with Gasteiger partial charge in [0.2, 0.25) is 0 Å². The average molecular weight is 286 g/mol. The summed E-state index contributed by atoms with van der Waals surface area (Å²) < 4.78 is 37.8. The molecule has 1 saturated carbocycles. The number of hydrogen-bond donors (Lipinski definition) is 1. The molecule has 0 bridgehead atoms. The third-order valence-electron chi connectivity index (χ3n) is 3.89. The molecule has 5 heteroatoms. The van der Waals surface area contributed by atoms with E-state index in [0.29, 0.717) is 12.6 Å². The third kappa shape index (κ3) is 3.66. The lowest BCUT2D eigenvalue weighted by atomic mass is 10.1. The Kier molecular flexibility index (Phi) is 4.91. The van der Waals surface area contributed by atoms with Crippen molar-refractivity contribution in [2.24, 2.45) is 5.73 Å². The molecule has 0 radical (unpaired) electrons. The van der Waals surface area contributed by atoms with Crippen molar-refractivity contribution in [3.8, 4) is 0 Å². The Balaban J connectivity index is 2.15. The van der Waals surface area contributed by atoms with E-state index < -0.39 is 11.7 Å². The van der Waals surface area contributed by atoms with Crippen LogP contribution in [-0.4, -0.2) is 19.1 Å². The molecule has 1 aliphatic carbocycles. The summed E-state index contributed by atoms with van der Waals surface area (Å²) in [6.45, 7) is 1.41. The molecule has 0 aliphatic heterocycles. The van der Waals surface area contributed by atoms with Crippen LogP contribution in [0.5, 0.6) is 0 Å². The van der Waals surface area contributed by atoms with Gasteiger partial charge in [-0.25, -0.2) is 0 Å². The first-order valence-corrected chi connectivity index (χ1v) is 7.16. The Morgan fingerprint density at radius 2 is 1.70 bits per heavy atom. The Labute approximate surface area is 117 Å². The second kappa shape index (κ2) is 6.48. The van der Waals surface area contributed by atoms with E-state index in [2.05, 4.69) is 4.90 Å². The molecule has 112 valence electrons. The first-order chi connectivity index (χ1) is 9.52. The van der Waals surface area contributed by atoms with Gasteiger partial charge in [-0.05, 0) is 50.1 Å². The van der Waals surface area contributed by atoms with E-state index in [4.69, 9.17) is 5.73 Å². The quantitative estimate of drug-likeness (QED) is 0.892. The monoisotopic (exact) mass is 286 g/mol. The van der Waals surface area contributed by atoms with E-state index in [9.17, 15) is 13.2 Å². The molecule has 0 unspecified atom stereocenters. The molecule has 1 aromatic carbocycles.